The third-order valence-corrected chi connectivity index (χ3v) is 6.12. The number of esters is 1. The van der Waals surface area contributed by atoms with Crippen LogP contribution in [0.15, 0.2) is 81.7 Å². The summed E-state index contributed by atoms with van der Waals surface area (Å²) in [5.74, 6) is -0.552. The number of benzene rings is 2. The highest BCUT2D eigenvalue weighted by Gasteiger charge is 2.30. The van der Waals surface area contributed by atoms with E-state index in [1.165, 1.54) is 35.1 Å². The summed E-state index contributed by atoms with van der Waals surface area (Å²) < 4.78 is 6.84. The van der Waals surface area contributed by atoms with E-state index in [2.05, 4.69) is 4.99 Å². The molecule has 0 saturated heterocycles. The maximum absolute atomic E-state index is 13.3. The Kier molecular flexibility index (Phi) is 6.14. The predicted octanol–water partition coefficient (Wildman–Crippen LogP) is 2.98. The fourth-order valence-corrected chi connectivity index (χ4v) is 4.58. The van der Waals surface area contributed by atoms with Crippen molar-refractivity contribution in [3.8, 4) is 0 Å². The molecule has 0 N–H and O–H groups in total. The summed E-state index contributed by atoms with van der Waals surface area (Å²) in [4.78, 5) is 41.2. The van der Waals surface area contributed by atoms with E-state index >= 15 is 0 Å². The van der Waals surface area contributed by atoms with E-state index in [0.717, 1.165) is 5.56 Å². The van der Waals surface area contributed by atoms with Gasteiger partial charge in [0.05, 0.1) is 33.9 Å². The molecule has 1 aliphatic heterocycles. The molecule has 0 radical (unpaired) electrons. The Hall–Kier alpha value is -4.11. The van der Waals surface area contributed by atoms with Crippen LogP contribution in [0.4, 0.5) is 5.69 Å². The number of fused-ring (bicyclic) bond motifs is 1. The Balaban J connectivity index is 1.84. The van der Waals surface area contributed by atoms with E-state index in [1.54, 1.807) is 31.2 Å². The maximum Gasteiger partial charge on any atom is 0.338 e. The van der Waals surface area contributed by atoms with E-state index in [4.69, 9.17) is 4.74 Å². The normalized spacial score (nSPS) is 15.9. The molecule has 9 heteroatoms. The lowest BCUT2D eigenvalue weighted by Gasteiger charge is -2.21. The highest BCUT2D eigenvalue weighted by atomic mass is 32.1. The molecule has 2 aromatic carbocycles. The molecule has 0 bridgehead atoms. The number of methoxy groups -OCH3 is 1. The number of thiazole rings is 1. The second kappa shape index (κ2) is 9.17. The van der Waals surface area contributed by atoms with Crippen LogP contribution in [-0.2, 0) is 9.53 Å². The molecule has 166 valence electrons. The molecule has 4 rings (SSSR count). The fraction of sp³-hybridized carbons (Fsp3) is 0.125. The van der Waals surface area contributed by atoms with Crippen molar-refractivity contribution in [2.45, 2.75) is 13.0 Å². The molecule has 0 unspecified atom stereocenters. The summed E-state index contributed by atoms with van der Waals surface area (Å²) in [6.45, 7) is 1.71. The number of rotatable bonds is 5. The number of nitro benzene ring substituents is 1. The minimum atomic E-state index is -0.687. The van der Waals surface area contributed by atoms with Crippen LogP contribution in [0.25, 0.3) is 12.2 Å². The lowest BCUT2D eigenvalue weighted by Crippen LogP contribution is -2.38. The molecule has 1 aliphatic rings. The smallest absolute Gasteiger partial charge is 0.338 e. The molecule has 0 spiro atoms. The molecule has 8 nitrogen and oxygen atoms in total. The van der Waals surface area contributed by atoms with Gasteiger partial charge in [0.15, 0.2) is 4.80 Å². The number of aromatic nitrogens is 1. The van der Waals surface area contributed by atoms with Crippen molar-refractivity contribution in [2.75, 3.05) is 7.11 Å². The van der Waals surface area contributed by atoms with Crippen molar-refractivity contribution in [2.24, 2.45) is 4.99 Å². The number of allylic oxidation sites excluding steroid dienone is 2. The number of carbonyl (C=O) groups is 1. The minimum absolute atomic E-state index is 0.0296. The first kappa shape index (κ1) is 22.1. The van der Waals surface area contributed by atoms with Crippen molar-refractivity contribution in [1.29, 1.82) is 0 Å². The highest BCUT2D eigenvalue weighted by Crippen LogP contribution is 2.26. The largest absolute Gasteiger partial charge is 0.466 e. The standard InChI is InChI=1S/C24H19N3O5S/c1-15-21(23(29)32-2)19(13-10-16-6-4-3-5-7-16)26-22(28)20(33-24(26)25-15)14-17-8-11-18(12-9-17)27(30)31/h3-14,19H,1-2H3/b13-10+,20-14?/t19-/m0/s1. The number of nitrogens with zero attached hydrogens (tertiary/aromatic N) is 3. The van der Waals surface area contributed by atoms with Crippen LogP contribution in [0.3, 0.4) is 0 Å². The molecule has 0 amide bonds. The molecule has 2 heterocycles. The van der Waals surface area contributed by atoms with E-state index in [0.29, 0.717) is 26.2 Å². The van der Waals surface area contributed by atoms with Crippen LogP contribution in [-0.4, -0.2) is 22.6 Å². The van der Waals surface area contributed by atoms with Crippen LogP contribution >= 0.6 is 11.3 Å². The van der Waals surface area contributed by atoms with Gasteiger partial charge in [0.2, 0.25) is 0 Å². The molecule has 0 aliphatic carbocycles. The van der Waals surface area contributed by atoms with Crippen LogP contribution < -0.4 is 14.9 Å². The van der Waals surface area contributed by atoms with E-state index in [-0.39, 0.29) is 11.2 Å². The van der Waals surface area contributed by atoms with Gasteiger partial charge in [-0.25, -0.2) is 9.79 Å². The van der Waals surface area contributed by atoms with Gasteiger partial charge in [-0.15, -0.1) is 0 Å². The zero-order valence-electron chi connectivity index (χ0n) is 17.8. The van der Waals surface area contributed by atoms with Crippen molar-refractivity contribution in [3.63, 3.8) is 0 Å². The number of hydrogen-bond donors (Lipinski definition) is 0. The van der Waals surface area contributed by atoms with Crippen molar-refractivity contribution in [1.82, 2.24) is 4.57 Å². The first-order valence-corrected chi connectivity index (χ1v) is 10.8. The van der Waals surface area contributed by atoms with Crippen molar-refractivity contribution >= 4 is 35.1 Å². The third kappa shape index (κ3) is 4.44. The lowest BCUT2D eigenvalue weighted by molar-refractivity contribution is -0.384. The van der Waals surface area contributed by atoms with E-state index in [9.17, 15) is 19.7 Å². The molecule has 33 heavy (non-hydrogen) atoms. The van der Waals surface area contributed by atoms with Crippen LogP contribution in [0, 0.1) is 10.1 Å². The molecule has 1 atom stereocenters. The molecule has 0 saturated carbocycles. The first-order valence-electron chi connectivity index (χ1n) is 9.97. The van der Waals surface area contributed by atoms with Crippen molar-refractivity contribution in [3.05, 3.63) is 113 Å². The molecule has 3 aromatic rings. The first-order chi connectivity index (χ1) is 15.9. The fourth-order valence-electron chi connectivity index (χ4n) is 3.53. The minimum Gasteiger partial charge on any atom is -0.466 e. The molecular formula is C24H19N3O5S. The number of hydrogen-bond acceptors (Lipinski definition) is 7. The van der Waals surface area contributed by atoms with Gasteiger partial charge in [-0.1, -0.05) is 53.8 Å². The second-order valence-electron chi connectivity index (χ2n) is 7.23. The van der Waals surface area contributed by atoms with E-state index < -0.39 is 16.9 Å². The lowest BCUT2D eigenvalue weighted by atomic mass is 10.0. The second-order valence-corrected chi connectivity index (χ2v) is 8.24. The van der Waals surface area contributed by atoms with Crippen LogP contribution in [0.2, 0.25) is 0 Å². The Morgan fingerprint density at radius 3 is 2.48 bits per heavy atom. The third-order valence-electron chi connectivity index (χ3n) is 5.14. The molecule has 1 aromatic heterocycles. The van der Waals surface area contributed by atoms with Gasteiger partial charge < -0.3 is 4.74 Å². The average molecular weight is 461 g/mol. The number of nitro groups is 1. The van der Waals surface area contributed by atoms with Gasteiger partial charge in [-0.3, -0.25) is 19.5 Å². The van der Waals surface area contributed by atoms with Gasteiger partial charge >= 0.3 is 5.97 Å². The SMILES string of the molecule is COC(=O)C1=C(C)N=c2sc(=Cc3ccc([N+](=O)[O-])cc3)c(=O)n2[C@H]1/C=C/c1ccccc1. The monoisotopic (exact) mass is 461 g/mol. The maximum atomic E-state index is 13.3. The average Bonchev–Trinajstić information content (AvgIpc) is 3.12. The summed E-state index contributed by atoms with van der Waals surface area (Å²) in [6, 6.07) is 14.8. The summed E-state index contributed by atoms with van der Waals surface area (Å²) >= 11 is 1.19. The Morgan fingerprint density at radius 1 is 1.15 bits per heavy atom. The predicted molar refractivity (Wildman–Crippen MR) is 125 cm³/mol. The van der Waals surface area contributed by atoms with Crippen molar-refractivity contribution < 1.29 is 14.5 Å². The zero-order chi connectivity index (χ0) is 23.5. The van der Waals surface area contributed by atoms with Gasteiger partial charge in [0, 0.05) is 12.1 Å². The summed E-state index contributed by atoms with van der Waals surface area (Å²) in [5.41, 5.74) is 1.99. The summed E-state index contributed by atoms with van der Waals surface area (Å²) in [6.07, 6.45) is 5.29. The quantitative estimate of drug-likeness (QED) is 0.330. The highest BCUT2D eigenvalue weighted by molar-refractivity contribution is 7.07. The van der Waals surface area contributed by atoms with Gasteiger partial charge in [0.25, 0.3) is 11.2 Å². The van der Waals surface area contributed by atoms with Crippen LogP contribution in [0.5, 0.6) is 0 Å². The van der Waals surface area contributed by atoms with E-state index in [1.807, 2.05) is 36.4 Å². The summed E-state index contributed by atoms with van der Waals surface area (Å²) in [5, 5.41) is 10.9. The Labute approximate surface area is 192 Å². The van der Waals surface area contributed by atoms with Crippen LogP contribution in [0.1, 0.15) is 24.1 Å². The molecule has 0 fully saturated rings. The van der Waals surface area contributed by atoms with Gasteiger partial charge in [-0.05, 0) is 36.3 Å². The topological polar surface area (TPSA) is 104 Å². The number of carbonyl (C=O) groups excluding carboxylic acids is 1. The zero-order valence-corrected chi connectivity index (χ0v) is 18.6. The summed E-state index contributed by atoms with van der Waals surface area (Å²) in [7, 11) is 1.29. The Bertz CT molecular complexity index is 1460. The number of ether oxygens (including phenoxy) is 1. The molecular weight excluding hydrogens is 442 g/mol. The van der Waals surface area contributed by atoms with Gasteiger partial charge in [-0.2, -0.15) is 0 Å². The number of non-ortho nitro benzene ring substituents is 1. The van der Waals surface area contributed by atoms with Gasteiger partial charge in [0.1, 0.15) is 0 Å². The Morgan fingerprint density at radius 2 is 1.85 bits per heavy atom.